The summed E-state index contributed by atoms with van der Waals surface area (Å²) < 4.78 is 1.82. The molecule has 0 amide bonds. The number of ketones is 1. The fourth-order valence-corrected chi connectivity index (χ4v) is 3.12. The van der Waals surface area contributed by atoms with Crippen LogP contribution in [0.15, 0.2) is 91.4 Å². The van der Waals surface area contributed by atoms with Crippen LogP contribution in [0.3, 0.4) is 0 Å². The van der Waals surface area contributed by atoms with Crippen LogP contribution in [0.25, 0.3) is 23.0 Å². The molecule has 0 aliphatic rings. The van der Waals surface area contributed by atoms with Crippen molar-refractivity contribution in [1.29, 1.82) is 0 Å². The van der Waals surface area contributed by atoms with Crippen molar-refractivity contribution in [3.05, 3.63) is 108 Å². The fraction of sp³-hybridized carbons (Fsp3) is 0.0800. The predicted molar refractivity (Wildman–Crippen MR) is 116 cm³/mol. The zero-order chi connectivity index (χ0) is 20.1. The van der Waals surface area contributed by atoms with Gasteiger partial charge in [-0.1, -0.05) is 49.4 Å². The number of pyridine rings is 1. The minimum atomic E-state index is -0.0303. The zero-order valence-electron chi connectivity index (χ0n) is 16.2. The Balaban J connectivity index is 1.68. The van der Waals surface area contributed by atoms with E-state index in [1.807, 2.05) is 83.7 Å². The molecule has 0 aliphatic carbocycles. The van der Waals surface area contributed by atoms with Gasteiger partial charge in [-0.25, -0.2) is 4.68 Å². The molecule has 0 N–H and O–H groups in total. The highest BCUT2D eigenvalue weighted by Gasteiger charge is 2.11. The summed E-state index contributed by atoms with van der Waals surface area (Å²) in [4.78, 5) is 16.8. The Morgan fingerprint density at radius 1 is 1.00 bits per heavy atom. The van der Waals surface area contributed by atoms with Gasteiger partial charge in [0.1, 0.15) is 5.69 Å². The standard InChI is InChI=1S/C25H21N3O/c1-2-19-10-12-20(13-11-19)24(29)15-14-22-18-28(23-8-4-3-5-9-23)27-25(22)21-7-6-16-26-17-21/h3-18H,2H2,1H3. The minimum absolute atomic E-state index is 0.0303. The third-order valence-corrected chi connectivity index (χ3v) is 4.76. The van der Waals surface area contributed by atoms with Crippen LogP contribution in [-0.4, -0.2) is 20.5 Å². The summed E-state index contributed by atoms with van der Waals surface area (Å²) in [5.41, 5.74) is 5.40. The molecule has 2 heterocycles. The highest BCUT2D eigenvalue weighted by atomic mass is 16.1. The maximum atomic E-state index is 12.6. The molecule has 0 fully saturated rings. The first kappa shape index (κ1) is 18.6. The molecule has 0 spiro atoms. The van der Waals surface area contributed by atoms with Gasteiger partial charge in [0.15, 0.2) is 5.78 Å². The van der Waals surface area contributed by atoms with Crippen molar-refractivity contribution in [3.8, 4) is 16.9 Å². The highest BCUT2D eigenvalue weighted by molar-refractivity contribution is 6.07. The van der Waals surface area contributed by atoms with Crippen LogP contribution >= 0.6 is 0 Å². The van der Waals surface area contributed by atoms with Crippen molar-refractivity contribution in [2.75, 3.05) is 0 Å². The number of aromatic nitrogens is 3. The van der Waals surface area contributed by atoms with Crippen molar-refractivity contribution >= 4 is 11.9 Å². The van der Waals surface area contributed by atoms with Crippen LogP contribution in [0.5, 0.6) is 0 Å². The van der Waals surface area contributed by atoms with Crippen molar-refractivity contribution < 1.29 is 4.79 Å². The lowest BCUT2D eigenvalue weighted by Crippen LogP contribution is -1.94. The van der Waals surface area contributed by atoms with E-state index in [9.17, 15) is 4.79 Å². The van der Waals surface area contributed by atoms with Gasteiger partial charge < -0.3 is 0 Å². The second kappa shape index (κ2) is 8.48. The molecule has 2 aromatic carbocycles. The van der Waals surface area contributed by atoms with Crippen LogP contribution < -0.4 is 0 Å². The number of carbonyl (C=O) groups excluding carboxylic acids is 1. The summed E-state index contributed by atoms with van der Waals surface area (Å²) in [6, 6.07) is 21.5. The quantitative estimate of drug-likeness (QED) is 0.333. The smallest absolute Gasteiger partial charge is 0.185 e. The van der Waals surface area contributed by atoms with Crippen molar-refractivity contribution in [2.45, 2.75) is 13.3 Å². The fourth-order valence-electron chi connectivity index (χ4n) is 3.12. The number of hydrogen-bond acceptors (Lipinski definition) is 3. The Bertz CT molecular complexity index is 1130. The molecule has 0 saturated heterocycles. The molecular formula is C25H21N3O. The van der Waals surface area contributed by atoms with Gasteiger partial charge in [0.05, 0.1) is 5.69 Å². The number of nitrogens with zero attached hydrogens (tertiary/aromatic N) is 3. The van der Waals surface area contributed by atoms with Crippen LogP contribution in [-0.2, 0) is 6.42 Å². The molecule has 2 aromatic heterocycles. The molecule has 29 heavy (non-hydrogen) atoms. The predicted octanol–water partition coefficient (Wildman–Crippen LogP) is 5.39. The summed E-state index contributed by atoms with van der Waals surface area (Å²) >= 11 is 0. The van der Waals surface area contributed by atoms with Crippen molar-refractivity contribution in [3.63, 3.8) is 0 Å². The first-order valence-corrected chi connectivity index (χ1v) is 9.61. The summed E-state index contributed by atoms with van der Waals surface area (Å²) in [5.74, 6) is -0.0303. The van der Waals surface area contributed by atoms with Crippen LogP contribution in [0.2, 0.25) is 0 Å². The third-order valence-electron chi connectivity index (χ3n) is 4.76. The Labute approximate surface area is 170 Å². The van der Waals surface area contributed by atoms with Crippen LogP contribution in [0, 0.1) is 0 Å². The number of benzene rings is 2. The molecule has 0 atom stereocenters. The number of hydrogen-bond donors (Lipinski definition) is 0. The number of rotatable bonds is 6. The van der Waals surface area contributed by atoms with E-state index in [0.29, 0.717) is 5.56 Å². The highest BCUT2D eigenvalue weighted by Crippen LogP contribution is 2.24. The largest absolute Gasteiger partial charge is 0.289 e. The lowest BCUT2D eigenvalue weighted by Gasteiger charge is -2.00. The van der Waals surface area contributed by atoms with E-state index >= 15 is 0 Å². The Morgan fingerprint density at radius 3 is 2.48 bits per heavy atom. The first-order chi connectivity index (χ1) is 14.2. The normalized spacial score (nSPS) is 11.1. The van der Waals surface area contributed by atoms with Crippen molar-refractivity contribution in [2.24, 2.45) is 0 Å². The third kappa shape index (κ3) is 4.22. The zero-order valence-corrected chi connectivity index (χ0v) is 16.2. The molecule has 0 saturated carbocycles. The van der Waals surface area contributed by atoms with E-state index in [-0.39, 0.29) is 5.78 Å². The topological polar surface area (TPSA) is 47.8 Å². The SMILES string of the molecule is CCc1ccc(C(=O)C=Cc2cn(-c3ccccc3)nc2-c2cccnc2)cc1. The van der Waals surface area contributed by atoms with E-state index in [4.69, 9.17) is 5.10 Å². The Kier molecular flexibility index (Phi) is 5.43. The van der Waals surface area contributed by atoms with Gasteiger partial charge in [0.25, 0.3) is 0 Å². The van der Waals surface area contributed by atoms with Crippen molar-refractivity contribution in [1.82, 2.24) is 14.8 Å². The molecule has 0 radical (unpaired) electrons. The minimum Gasteiger partial charge on any atom is -0.289 e. The molecule has 0 unspecified atom stereocenters. The van der Waals surface area contributed by atoms with Crippen LogP contribution in [0.4, 0.5) is 0 Å². The summed E-state index contributed by atoms with van der Waals surface area (Å²) in [6.45, 7) is 2.10. The molecule has 4 aromatic rings. The molecule has 142 valence electrons. The second-order valence-electron chi connectivity index (χ2n) is 6.70. The van der Waals surface area contributed by atoms with Gasteiger partial charge in [-0.15, -0.1) is 0 Å². The lowest BCUT2D eigenvalue weighted by molar-refractivity contribution is 0.104. The Morgan fingerprint density at radius 2 is 1.79 bits per heavy atom. The maximum Gasteiger partial charge on any atom is 0.185 e. The molecule has 0 aliphatic heterocycles. The monoisotopic (exact) mass is 379 g/mol. The Hall–Kier alpha value is -3.79. The van der Waals surface area contributed by atoms with Gasteiger partial charge >= 0.3 is 0 Å². The average molecular weight is 379 g/mol. The van der Waals surface area contributed by atoms with E-state index in [0.717, 1.165) is 28.9 Å². The van der Waals surface area contributed by atoms with Gasteiger partial charge in [-0.05, 0) is 48.4 Å². The second-order valence-corrected chi connectivity index (χ2v) is 6.70. The van der Waals surface area contributed by atoms with Gasteiger partial charge in [0.2, 0.25) is 0 Å². The van der Waals surface area contributed by atoms with E-state index in [2.05, 4.69) is 11.9 Å². The van der Waals surface area contributed by atoms with Gasteiger partial charge in [0, 0.05) is 35.3 Å². The first-order valence-electron chi connectivity index (χ1n) is 9.61. The summed E-state index contributed by atoms with van der Waals surface area (Å²) in [7, 11) is 0. The average Bonchev–Trinajstić information content (AvgIpc) is 3.23. The molecule has 4 rings (SSSR count). The number of para-hydroxylation sites is 1. The summed E-state index contributed by atoms with van der Waals surface area (Å²) in [6.07, 6.45) is 9.83. The lowest BCUT2D eigenvalue weighted by atomic mass is 10.1. The van der Waals surface area contributed by atoms with E-state index < -0.39 is 0 Å². The number of carbonyl (C=O) groups is 1. The maximum absolute atomic E-state index is 12.6. The number of allylic oxidation sites excluding steroid dienone is 1. The van der Waals surface area contributed by atoms with Gasteiger partial charge in [-0.3, -0.25) is 9.78 Å². The molecular weight excluding hydrogens is 358 g/mol. The van der Waals surface area contributed by atoms with E-state index in [1.54, 1.807) is 18.5 Å². The summed E-state index contributed by atoms with van der Waals surface area (Å²) in [5, 5.41) is 4.74. The van der Waals surface area contributed by atoms with Gasteiger partial charge in [-0.2, -0.15) is 5.10 Å². The van der Waals surface area contributed by atoms with Crippen LogP contribution in [0.1, 0.15) is 28.4 Å². The molecule has 4 nitrogen and oxygen atoms in total. The molecule has 0 bridgehead atoms. The molecule has 4 heteroatoms. The number of aryl methyl sites for hydroxylation is 1. The van der Waals surface area contributed by atoms with E-state index in [1.165, 1.54) is 5.56 Å².